The van der Waals surface area contributed by atoms with E-state index in [9.17, 15) is 4.79 Å². The predicted octanol–water partition coefficient (Wildman–Crippen LogP) is 4.51. The van der Waals surface area contributed by atoms with Gasteiger partial charge >= 0.3 is 0 Å². The molecule has 146 valence electrons. The molecule has 1 fully saturated rings. The molecule has 3 N–H and O–H groups in total. The van der Waals surface area contributed by atoms with E-state index < -0.39 is 0 Å². The van der Waals surface area contributed by atoms with E-state index in [-0.39, 0.29) is 12.0 Å². The number of nitrogens with one attached hydrogen (secondary N) is 3. The van der Waals surface area contributed by atoms with Gasteiger partial charge in [-0.3, -0.25) is 4.79 Å². The Balaban J connectivity index is 1.40. The van der Waals surface area contributed by atoms with E-state index in [0.717, 1.165) is 35.8 Å². The summed E-state index contributed by atoms with van der Waals surface area (Å²) in [6.07, 6.45) is 4.30. The van der Waals surface area contributed by atoms with Crippen LogP contribution in [0.2, 0.25) is 5.02 Å². The summed E-state index contributed by atoms with van der Waals surface area (Å²) >= 11 is 6.06. The fourth-order valence-electron chi connectivity index (χ4n) is 3.68. The smallest absolute Gasteiger partial charge is 0.257 e. The number of hydrogen-bond donors (Lipinski definition) is 3. The van der Waals surface area contributed by atoms with E-state index >= 15 is 0 Å². The van der Waals surface area contributed by atoms with Gasteiger partial charge in [0.2, 0.25) is 0 Å². The van der Waals surface area contributed by atoms with Crippen LogP contribution in [0.25, 0.3) is 5.57 Å². The molecule has 0 spiro atoms. The molecule has 5 nitrogen and oxygen atoms in total. The van der Waals surface area contributed by atoms with Gasteiger partial charge in [-0.15, -0.1) is 0 Å². The second kappa shape index (κ2) is 8.25. The first-order chi connectivity index (χ1) is 13.6. The zero-order valence-electron chi connectivity index (χ0n) is 15.8. The molecule has 2 aromatic carbocycles. The van der Waals surface area contributed by atoms with Gasteiger partial charge in [-0.2, -0.15) is 0 Å². The molecule has 2 atom stereocenters. The Morgan fingerprint density at radius 3 is 2.82 bits per heavy atom. The van der Waals surface area contributed by atoms with Crippen molar-refractivity contribution in [2.75, 3.05) is 23.7 Å². The molecule has 2 aliphatic rings. The molecule has 2 aliphatic heterocycles. The lowest BCUT2D eigenvalue weighted by Crippen LogP contribution is -2.37. The minimum absolute atomic E-state index is 0.139. The van der Waals surface area contributed by atoms with Crippen molar-refractivity contribution in [3.05, 3.63) is 59.3 Å². The van der Waals surface area contributed by atoms with E-state index in [0.29, 0.717) is 16.5 Å². The Labute approximate surface area is 170 Å². The summed E-state index contributed by atoms with van der Waals surface area (Å²) in [5, 5.41) is 10.1. The topological polar surface area (TPSA) is 62.4 Å². The second-order valence-corrected chi connectivity index (χ2v) is 7.74. The van der Waals surface area contributed by atoms with Crippen LogP contribution in [0.15, 0.2) is 48.7 Å². The maximum Gasteiger partial charge on any atom is 0.257 e. The number of hydrogen-bond acceptors (Lipinski definition) is 4. The van der Waals surface area contributed by atoms with Gasteiger partial charge in [-0.05, 0) is 68.8 Å². The summed E-state index contributed by atoms with van der Waals surface area (Å²) in [5.41, 5.74) is 3.03. The van der Waals surface area contributed by atoms with Crippen molar-refractivity contribution in [3.8, 4) is 5.75 Å². The van der Waals surface area contributed by atoms with Gasteiger partial charge in [0.1, 0.15) is 5.75 Å². The Morgan fingerprint density at radius 2 is 2.07 bits per heavy atom. The largest absolute Gasteiger partial charge is 0.490 e. The number of rotatable bonds is 5. The molecule has 0 aliphatic carbocycles. The summed E-state index contributed by atoms with van der Waals surface area (Å²) in [7, 11) is 0. The van der Waals surface area contributed by atoms with Crippen molar-refractivity contribution in [1.29, 1.82) is 0 Å². The number of fused-ring (bicyclic) bond motifs is 1. The lowest BCUT2D eigenvalue weighted by atomic mass is 9.95. The third-order valence-corrected chi connectivity index (χ3v) is 5.56. The Bertz CT molecular complexity index is 889. The van der Waals surface area contributed by atoms with Crippen LogP contribution in [0.4, 0.5) is 11.4 Å². The Kier molecular flexibility index (Phi) is 5.55. The van der Waals surface area contributed by atoms with Gasteiger partial charge in [0.05, 0.1) is 11.7 Å². The third kappa shape index (κ3) is 4.16. The molecule has 2 aromatic rings. The predicted molar refractivity (Wildman–Crippen MR) is 114 cm³/mol. The number of ether oxygens (including phenoxy) is 1. The van der Waals surface area contributed by atoms with Crippen molar-refractivity contribution in [1.82, 2.24) is 5.32 Å². The van der Waals surface area contributed by atoms with Gasteiger partial charge in [0.15, 0.2) is 0 Å². The number of piperidine rings is 1. The molecular formula is C22H24ClN3O2. The van der Waals surface area contributed by atoms with Gasteiger partial charge in [0.25, 0.3) is 5.91 Å². The number of anilines is 2. The maximum atomic E-state index is 12.2. The number of amides is 1. The molecule has 2 unspecified atom stereocenters. The molecule has 1 amide bonds. The summed E-state index contributed by atoms with van der Waals surface area (Å²) in [6.45, 7) is 4.26. The van der Waals surface area contributed by atoms with Crippen LogP contribution in [-0.4, -0.2) is 25.1 Å². The van der Waals surface area contributed by atoms with Crippen molar-refractivity contribution in [2.45, 2.75) is 25.9 Å². The van der Waals surface area contributed by atoms with E-state index in [2.05, 4.69) is 22.9 Å². The fraction of sp³-hybridized carbons (Fsp3) is 0.318. The van der Waals surface area contributed by atoms with Gasteiger partial charge in [-0.25, -0.2) is 0 Å². The van der Waals surface area contributed by atoms with Crippen LogP contribution in [0.1, 0.15) is 25.3 Å². The van der Waals surface area contributed by atoms with E-state index in [1.165, 1.54) is 12.8 Å². The number of carbonyl (C=O) groups is 1. The molecule has 0 radical (unpaired) electrons. The summed E-state index contributed by atoms with van der Waals surface area (Å²) in [6, 6.07) is 13.2. The molecule has 28 heavy (non-hydrogen) atoms. The highest BCUT2D eigenvalue weighted by atomic mass is 35.5. The molecule has 6 heteroatoms. The first-order valence-electron chi connectivity index (χ1n) is 9.65. The molecule has 4 rings (SSSR count). The van der Waals surface area contributed by atoms with Crippen LogP contribution in [0.3, 0.4) is 0 Å². The van der Waals surface area contributed by atoms with E-state index in [1.54, 1.807) is 18.3 Å². The van der Waals surface area contributed by atoms with Gasteiger partial charge < -0.3 is 20.7 Å². The third-order valence-electron chi connectivity index (χ3n) is 5.32. The van der Waals surface area contributed by atoms with Gasteiger partial charge in [0, 0.05) is 40.6 Å². The lowest BCUT2D eigenvalue weighted by molar-refractivity contribution is -0.110. The van der Waals surface area contributed by atoms with Crippen molar-refractivity contribution in [3.63, 3.8) is 0 Å². The van der Waals surface area contributed by atoms with E-state index in [1.807, 2.05) is 30.3 Å². The normalized spacial score (nSPS) is 21.1. The monoisotopic (exact) mass is 397 g/mol. The van der Waals surface area contributed by atoms with Crippen molar-refractivity contribution >= 4 is 34.5 Å². The standard InChI is InChI=1S/C22H24ClN3O2/c1-14(15-3-2-10-24-12-15)28-18-7-5-17(6-8-18)25-13-20-19-11-16(23)4-9-21(19)26-22(20)27/h4-9,11,13-15,24-25H,2-3,10,12H2,1H3,(H,26,27). The average Bonchev–Trinajstić information content (AvgIpc) is 3.02. The molecule has 0 saturated carbocycles. The fourth-order valence-corrected chi connectivity index (χ4v) is 3.85. The first kappa shape index (κ1) is 18.8. The summed E-state index contributed by atoms with van der Waals surface area (Å²) in [4.78, 5) is 12.2. The zero-order chi connectivity index (χ0) is 19.5. The molecular weight excluding hydrogens is 374 g/mol. The van der Waals surface area contributed by atoms with Crippen LogP contribution in [-0.2, 0) is 4.79 Å². The molecule has 0 aromatic heterocycles. The zero-order valence-corrected chi connectivity index (χ0v) is 16.6. The van der Waals surface area contributed by atoms with Crippen LogP contribution < -0.4 is 20.7 Å². The summed E-state index contributed by atoms with van der Waals surface area (Å²) in [5.74, 6) is 1.26. The Morgan fingerprint density at radius 1 is 1.25 bits per heavy atom. The highest BCUT2D eigenvalue weighted by molar-refractivity contribution is 6.34. The minimum Gasteiger partial charge on any atom is -0.490 e. The number of halogens is 1. The SMILES string of the molecule is CC(Oc1ccc(NC=C2C(=O)Nc3ccc(Cl)cc32)cc1)C1CCCNC1. The lowest BCUT2D eigenvalue weighted by Gasteiger charge is -2.28. The number of carbonyl (C=O) groups excluding carboxylic acids is 1. The highest BCUT2D eigenvalue weighted by Gasteiger charge is 2.24. The van der Waals surface area contributed by atoms with Crippen molar-refractivity contribution < 1.29 is 9.53 Å². The highest BCUT2D eigenvalue weighted by Crippen LogP contribution is 2.33. The molecule has 1 saturated heterocycles. The van der Waals surface area contributed by atoms with E-state index in [4.69, 9.17) is 16.3 Å². The molecule has 0 bridgehead atoms. The molecule has 2 heterocycles. The Hall–Kier alpha value is -2.50. The van der Waals surface area contributed by atoms with Gasteiger partial charge in [-0.1, -0.05) is 11.6 Å². The first-order valence-corrected chi connectivity index (χ1v) is 10.0. The maximum absolute atomic E-state index is 12.2. The van der Waals surface area contributed by atoms with Crippen molar-refractivity contribution in [2.24, 2.45) is 5.92 Å². The van der Waals surface area contributed by atoms with Crippen LogP contribution >= 0.6 is 11.6 Å². The minimum atomic E-state index is -0.139. The second-order valence-electron chi connectivity index (χ2n) is 7.30. The summed E-state index contributed by atoms with van der Waals surface area (Å²) < 4.78 is 6.10. The van der Waals surface area contributed by atoms with Crippen LogP contribution in [0, 0.1) is 5.92 Å². The average molecular weight is 398 g/mol. The number of benzene rings is 2. The van der Waals surface area contributed by atoms with Crippen LogP contribution in [0.5, 0.6) is 5.75 Å². The quantitative estimate of drug-likeness (QED) is 0.649.